The number of carboxylic acid groups (broad SMARTS) is 1. The van der Waals surface area contributed by atoms with Crippen LogP contribution < -0.4 is 0 Å². The van der Waals surface area contributed by atoms with Crippen molar-refractivity contribution in [2.75, 3.05) is 6.61 Å². The van der Waals surface area contributed by atoms with Crippen molar-refractivity contribution in [2.45, 2.75) is 44.5 Å². The van der Waals surface area contributed by atoms with Crippen molar-refractivity contribution in [2.24, 2.45) is 0 Å². The fourth-order valence-corrected chi connectivity index (χ4v) is 4.36. The molecular formula is C24H21F3N6O3. The third kappa shape index (κ3) is 5.11. The first-order valence-electron chi connectivity index (χ1n) is 11.0. The average Bonchev–Trinajstić information content (AvgIpc) is 3.22. The molecule has 1 N–H and O–H groups in total. The van der Waals surface area contributed by atoms with Gasteiger partial charge in [0.05, 0.1) is 41.8 Å². The van der Waals surface area contributed by atoms with Gasteiger partial charge in [-0.15, -0.1) is 0 Å². The molecule has 1 aromatic carbocycles. The van der Waals surface area contributed by atoms with Gasteiger partial charge in [-0.1, -0.05) is 6.07 Å². The zero-order valence-corrected chi connectivity index (χ0v) is 19.1. The van der Waals surface area contributed by atoms with Crippen molar-refractivity contribution in [3.63, 3.8) is 0 Å². The van der Waals surface area contributed by atoms with Crippen LogP contribution >= 0.6 is 0 Å². The second-order valence-corrected chi connectivity index (χ2v) is 8.24. The van der Waals surface area contributed by atoms with Crippen LogP contribution in [0.3, 0.4) is 0 Å². The molecule has 186 valence electrons. The highest BCUT2D eigenvalue weighted by molar-refractivity contribution is 6.03. The lowest BCUT2D eigenvalue weighted by molar-refractivity contribution is -0.141. The number of hydrogen-bond donors (Lipinski definition) is 1. The van der Waals surface area contributed by atoms with Crippen LogP contribution in [0.4, 0.5) is 18.9 Å². The van der Waals surface area contributed by atoms with Crippen LogP contribution in [0, 0.1) is 6.57 Å². The van der Waals surface area contributed by atoms with Crippen LogP contribution in [0.25, 0.3) is 26.8 Å². The van der Waals surface area contributed by atoms with Crippen molar-refractivity contribution < 1.29 is 27.8 Å². The van der Waals surface area contributed by atoms with E-state index in [2.05, 4.69) is 24.4 Å². The van der Waals surface area contributed by atoms with E-state index in [1.54, 1.807) is 18.3 Å². The van der Waals surface area contributed by atoms with E-state index in [1.165, 1.54) is 0 Å². The van der Waals surface area contributed by atoms with Gasteiger partial charge in [-0.3, -0.25) is 14.8 Å². The number of carbonyl (C=O) groups is 1. The van der Waals surface area contributed by atoms with E-state index in [1.807, 2.05) is 13.0 Å². The van der Waals surface area contributed by atoms with Gasteiger partial charge in [-0.2, -0.15) is 13.2 Å². The molecule has 1 aliphatic heterocycles. The Balaban J connectivity index is 0.000000967. The Morgan fingerprint density at radius 2 is 2.00 bits per heavy atom. The van der Waals surface area contributed by atoms with Crippen LogP contribution in [0.5, 0.6) is 0 Å². The van der Waals surface area contributed by atoms with Crippen molar-refractivity contribution in [1.29, 1.82) is 0 Å². The Hall–Kier alpha value is -4.11. The summed E-state index contributed by atoms with van der Waals surface area (Å²) in [6.07, 6.45) is 0.863. The molecule has 36 heavy (non-hydrogen) atoms. The summed E-state index contributed by atoms with van der Waals surface area (Å²) < 4.78 is 46.5. The third-order valence-electron chi connectivity index (χ3n) is 5.86. The second kappa shape index (κ2) is 10.2. The predicted octanol–water partition coefficient (Wildman–Crippen LogP) is 4.98. The molecule has 0 spiro atoms. The van der Waals surface area contributed by atoms with Crippen molar-refractivity contribution in [3.8, 4) is 0 Å². The van der Waals surface area contributed by atoms with Crippen molar-refractivity contribution in [1.82, 2.24) is 24.5 Å². The Kier molecular flexibility index (Phi) is 7.12. The van der Waals surface area contributed by atoms with Gasteiger partial charge in [0.1, 0.15) is 11.3 Å². The number of imidazole rings is 1. The van der Waals surface area contributed by atoms with E-state index in [0.29, 0.717) is 29.3 Å². The van der Waals surface area contributed by atoms with Gasteiger partial charge in [-0.25, -0.2) is 14.8 Å². The van der Waals surface area contributed by atoms with Gasteiger partial charge >= 0.3 is 6.18 Å². The van der Waals surface area contributed by atoms with Gasteiger partial charge in [0.15, 0.2) is 11.4 Å². The highest BCUT2D eigenvalue weighted by Gasteiger charge is 2.33. The summed E-state index contributed by atoms with van der Waals surface area (Å²) in [4.78, 5) is 28.7. The normalized spacial score (nSPS) is 17.9. The predicted molar refractivity (Wildman–Crippen MR) is 124 cm³/mol. The summed E-state index contributed by atoms with van der Waals surface area (Å²) in [7, 11) is 0. The van der Waals surface area contributed by atoms with Gasteiger partial charge < -0.3 is 14.4 Å². The van der Waals surface area contributed by atoms with E-state index in [9.17, 15) is 13.2 Å². The number of ether oxygens (including phenoxy) is 1. The first kappa shape index (κ1) is 25.0. The minimum Gasteiger partial charge on any atom is -0.483 e. The SMILES string of the molecule is O=CO.[C-]#[N+]c1ccc2ncc3nc(Cc4cnc(C(F)(F)F)cn4)n([C@@H]4CCO[C@H](C)C4)c3c2c1. The number of hydrogen-bond acceptors (Lipinski definition) is 6. The molecule has 3 aromatic heterocycles. The molecule has 4 aromatic rings. The largest absolute Gasteiger partial charge is 0.483 e. The van der Waals surface area contributed by atoms with Crippen molar-refractivity contribution in [3.05, 3.63) is 65.4 Å². The molecule has 4 heterocycles. The lowest BCUT2D eigenvalue weighted by atomic mass is 10.0. The van der Waals surface area contributed by atoms with E-state index >= 15 is 0 Å². The monoisotopic (exact) mass is 498 g/mol. The topological polar surface area (TPSA) is 107 Å². The Morgan fingerprint density at radius 1 is 1.22 bits per heavy atom. The molecule has 0 bridgehead atoms. The Bertz CT molecular complexity index is 1430. The highest BCUT2D eigenvalue weighted by atomic mass is 19.4. The quantitative estimate of drug-likeness (QED) is 0.314. The number of pyridine rings is 1. The molecule has 0 aliphatic carbocycles. The maximum absolute atomic E-state index is 12.9. The van der Waals surface area contributed by atoms with Gasteiger partial charge in [0.2, 0.25) is 0 Å². The summed E-state index contributed by atoms with van der Waals surface area (Å²) in [5.41, 5.74) is 2.13. The van der Waals surface area contributed by atoms with Crippen LogP contribution in [0.1, 0.15) is 43.0 Å². The molecule has 0 saturated carbocycles. The van der Waals surface area contributed by atoms with E-state index in [-0.39, 0.29) is 25.0 Å². The first-order chi connectivity index (χ1) is 17.2. The summed E-state index contributed by atoms with van der Waals surface area (Å²) in [5.74, 6) is 0.667. The Labute approximate surface area is 203 Å². The molecule has 2 atom stereocenters. The summed E-state index contributed by atoms with van der Waals surface area (Å²) in [6, 6.07) is 5.43. The maximum Gasteiger partial charge on any atom is 0.434 e. The standard InChI is InChI=1S/C23H19F3N6O.CH2O2/c1-13-7-16(5-6-33-13)32-21(9-15-10-30-20(12-28-15)23(24,25)26)31-19-11-29-18-4-3-14(27-2)8-17(18)22(19)32;2-1-3/h3-4,8,10-13,16H,5-7,9H2,1H3;1H,(H,2,3)/t13-,16-;/m1./s1. The molecule has 5 rings (SSSR count). The maximum atomic E-state index is 12.9. The van der Waals surface area contributed by atoms with E-state index < -0.39 is 11.9 Å². The highest BCUT2D eigenvalue weighted by Crippen LogP contribution is 2.35. The number of fused-ring (bicyclic) bond motifs is 3. The fraction of sp³-hybridized carbons (Fsp3) is 0.333. The number of rotatable bonds is 3. The van der Waals surface area contributed by atoms with Gasteiger partial charge in [0.25, 0.3) is 6.47 Å². The minimum atomic E-state index is -4.54. The third-order valence-corrected chi connectivity index (χ3v) is 5.86. The average molecular weight is 498 g/mol. The summed E-state index contributed by atoms with van der Waals surface area (Å²) in [6.45, 7) is 9.75. The molecule has 12 heteroatoms. The first-order valence-corrected chi connectivity index (χ1v) is 11.0. The summed E-state index contributed by atoms with van der Waals surface area (Å²) >= 11 is 0. The van der Waals surface area contributed by atoms with E-state index in [0.717, 1.165) is 41.7 Å². The van der Waals surface area contributed by atoms with Crippen molar-refractivity contribution >= 4 is 34.1 Å². The molecule has 9 nitrogen and oxygen atoms in total. The number of benzene rings is 1. The zero-order chi connectivity index (χ0) is 25.9. The lowest BCUT2D eigenvalue weighted by Crippen LogP contribution is -2.26. The molecule has 0 unspecified atom stereocenters. The molecule has 1 aliphatic rings. The smallest absolute Gasteiger partial charge is 0.434 e. The molecule has 0 radical (unpaired) electrons. The number of halogens is 3. The molecular weight excluding hydrogens is 477 g/mol. The Morgan fingerprint density at radius 3 is 2.64 bits per heavy atom. The van der Waals surface area contributed by atoms with Gasteiger partial charge in [-0.05, 0) is 31.9 Å². The number of aromatic nitrogens is 5. The van der Waals surface area contributed by atoms with E-state index in [4.69, 9.17) is 26.2 Å². The number of nitrogens with zero attached hydrogens (tertiary/aromatic N) is 6. The van der Waals surface area contributed by atoms with Gasteiger partial charge in [0, 0.05) is 30.7 Å². The van der Waals surface area contributed by atoms with Crippen LogP contribution in [-0.4, -0.2) is 48.8 Å². The van der Waals surface area contributed by atoms with Crippen LogP contribution in [0.2, 0.25) is 0 Å². The molecule has 1 saturated heterocycles. The molecule has 1 fully saturated rings. The lowest BCUT2D eigenvalue weighted by Gasteiger charge is -2.30. The molecule has 0 amide bonds. The fourth-order valence-electron chi connectivity index (χ4n) is 4.36. The summed E-state index contributed by atoms with van der Waals surface area (Å²) in [5, 5.41) is 7.71. The zero-order valence-electron chi connectivity index (χ0n) is 19.1. The van der Waals surface area contributed by atoms with Crippen LogP contribution in [-0.2, 0) is 22.1 Å². The number of alkyl halides is 3. The second-order valence-electron chi connectivity index (χ2n) is 8.24. The van der Waals surface area contributed by atoms with Crippen LogP contribution in [0.15, 0.2) is 36.8 Å². The minimum absolute atomic E-state index is 0.0619.